The molecule has 1 saturated heterocycles. The lowest BCUT2D eigenvalue weighted by Crippen LogP contribution is -2.81. The molecule has 11 atom stereocenters. The Morgan fingerprint density at radius 3 is 2.24 bits per heavy atom. The van der Waals surface area contributed by atoms with Gasteiger partial charge in [0.1, 0.15) is 30.0 Å². The predicted octanol–water partition coefficient (Wildman–Crippen LogP) is 3.71. The van der Waals surface area contributed by atoms with Crippen LogP contribution in [0.2, 0.25) is 0 Å². The van der Waals surface area contributed by atoms with Gasteiger partial charge in [-0.3, -0.25) is 9.59 Å². The third-order valence-electron chi connectivity index (χ3n) is 13.2. The number of amides is 1. The summed E-state index contributed by atoms with van der Waals surface area (Å²) in [5, 5.41) is 51.5. The molecule has 0 spiro atoms. The number of aliphatic hydroxyl groups is 4. The van der Waals surface area contributed by atoms with Crippen molar-refractivity contribution in [3.05, 3.63) is 47.0 Å². The van der Waals surface area contributed by atoms with E-state index < -0.39 is 112 Å². The van der Waals surface area contributed by atoms with Crippen molar-refractivity contribution in [2.45, 2.75) is 155 Å². The number of nitrogens with one attached hydrogen (secondary N) is 1. The fourth-order valence-electron chi connectivity index (χ4n) is 9.75. The van der Waals surface area contributed by atoms with Crippen molar-refractivity contribution in [1.82, 2.24) is 5.32 Å². The van der Waals surface area contributed by atoms with Gasteiger partial charge in [0.2, 0.25) is 0 Å². The maximum atomic E-state index is 14.9. The van der Waals surface area contributed by atoms with Gasteiger partial charge in [-0.2, -0.15) is 0 Å². The SMILES string of the molecule is CCCCCCOC(=O)N[C@H]([C@@H](O)C(=O)O[C@H]1C[C@@]2(O)[C@@H](OC(=O)c3ccccc3)[C@H]3[C@](C)(C(=O)[C@H](O)C(=C1C)C2(C)C)[C@@H](O)CC1OC[C@]13OC(C)=O)C(C)(C)C. The van der Waals surface area contributed by atoms with Crippen LogP contribution in [0, 0.1) is 22.2 Å². The second-order valence-corrected chi connectivity index (χ2v) is 18.2. The number of unbranched alkanes of at least 4 members (excludes halogenated alkanes) is 3. The molecule has 1 aliphatic heterocycles. The molecule has 1 heterocycles. The minimum absolute atomic E-state index is 0.0446. The van der Waals surface area contributed by atoms with Gasteiger partial charge in [-0.05, 0) is 49.0 Å². The Labute approximate surface area is 339 Å². The molecule has 1 aromatic rings. The summed E-state index contributed by atoms with van der Waals surface area (Å²) >= 11 is 0. The average Bonchev–Trinajstić information content (AvgIpc) is 3.14. The number of carbonyl (C=O) groups excluding carboxylic acids is 5. The van der Waals surface area contributed by atoms with E-state index >= 15 is 0 Å². The predicted molar refractivity (Wildman–Crippen MR) is 207 cm³/mol. The number of rotatable bonds is 12. The molecular weight excluding hydrogens is 754 g/mol. The van der Waals surface area contributed by atoms with Gasteiger partial charge >= 0.3 is 24.0 Å². The first-order valence-electron chi connectivity index (χ1n) is 20.2. The number of hydrogen-bond donors (Lipinski definition) is 5. The smallest absolute Gasteiger partial charge is 0.407 e. The van der Waals surface area contributed by atoms with E-state index in [-0.39, 0.29) is 36.3 Å². The maximum absolute atomic E-state index is 14.9. The Morgan fingerprint density at radius 2 is 1.67 bits per heavy atom. The number of alkyl carbamates (subject to hydrolysis) is 1. The standard InChI is InChI=1S/C43H61NO14/c1-10-11-12-16-19-54-38(52)44-33(39(4,5)6)31(48)37(51)56-26-21-43(53)35(57-36(50)25-17-14-13-15-18-25)32-41(9,34(49)30(47)29(23(26)2)40(43,7)8)27(46)20-28-42(32,22-55-28)58-24(3)45/h13-15,17-18,26-28,30-33,35,46-48,53H,10-12,16,19-22H2,1-9H3,(H,44,52)/t26-,27-,28?,30+,31+,32-,33+,35-,41+,42-,43+/m0/s1. The highest BCUT2D eigenvalue weighted by Crippen LogP contribution is 2.64. The molecule has 322 valence electrons. The van der Waals surface area contributed by atoms with E-state index in [1.54, 1.807) is 52.8 Å². The number of ether oxygens (including phenoxy) is 5. The minimum atomic E-state index is -2.33. The fraction of sp³-hybridized carbons (Fsp3) is 0.698. The van der Waals surface area contributed by atoms with E-state index in [1.165, 1.54) is 26.0 Å². The van der Waals surface area contributed by atoms with E-state index in [1.807, 2.05) is 0 Å². The number of carbonyl (C=O) groups is 5. The van der Waals surface area contributed by atoms with Crippen LogP contribution in [0.25, 0.3) is 0 Å². The van der Waals surface area contributed by atoms with Crippen LogP contribution in [-0.2, 0) is 38.1 Å². The van der Waals surface area contributed by atoms with Crippen molar-refractivity contribution in [2.24, 2.45) is 22.2 Å². The number of benzene rings is 1. The first-order valence-corrected chi connectivity index (χ1v) is 20.2. The molecule has 0 aromatic heterocycles. The summed E-state index contributed by atoms with van der Waals surface area (Å²) in [4.78, 5) is 68.7. The van der Waals surface area contributed by atoms with Crippen LogP contribution in [0.3, 0.4) is 0 Å². The van der Waals surface area contributed by atoms with Crippen LogP contribution in [0.5, 0.6) is 0 Å². The molecule has 2 bridgehead atoms. The van der Waals surface area contributed by atoms with Gasteiger partial charge in [-0.1, -0.05) is 79.0 Å². The van der Waals surface area contributed by atoms with E-state index in [2.05, 4.69) is 12.2 Å². The van der Waals surface area contributed by atoms with E-state index in [0.29, 0.717) is 6.42 Å². The van der Waals surface area contributed by atoms with Crippen LogP contribution < -0.4 is 5.32 Å². The first-order chi connectivity index (χ1) is 27.0. The minimum Gasteiger partial charge on any atom is -0.456 e. The fourth-order valence-corrected chi connectivity index (χ4v) is 9.75. The summed E-state index contributed by atoms with van der Waals surface area (Å²) < 4.78 is 29.4. The van der Waals surface area contributed by atoms with Crippen LogP contribution in [-0.4, -0.2) is 117 Å². The van der Waals surface area contributed by atoms with Crippen molar-refractivity contribution in [1.29, 1.82) is 0 Å². The largest absolute Gasteiger partial charge is 0.456 e. The molecule has 15 heteroatoms. The Balaban J connectivity index is 1.60. The topological polar surface area (TPSA) is 224 Å². The normalized spacial score (nSPS) is 33.8. The average molecular weight is 816 g/mol. The number of hydrogen-bond acceptors (Lipinski definition) is 14. The Bertz CT molecular complexity index is 1770. The molecule has 5 rings (SSSR count). The van der Waals surface area contributed by atoms with Crippen LogP contribution >= 0.6 is 0 Å². The van der Waals surface area contributed by atoms with Gasteiger partial charge in [0.15, 0.2) is 17.5 Å². The molecule has 1 amide bonds. The molecule has 4 aliphatic rings. The zero-order valence-electron chi connectivity index (χ0n) is 35.0. The van der Waals surface area contributed by atoms with E-state index in [0.717, 1.165) is 26.2 Å². The van der Waals surface area contributed by atoms with Crippen LogP contribution in [0.15, 0.2) is 41.5 Å². The molecule has 2 saturated carbocycles. The summed E-state index contributed by atoms with van der Waals surface area (Å²) in [7, 11) is 0. The second kappa shape index (κ2) is 16.6. The lowest BCUT2D eigenvalue weighted by molar-refractivity contribution is -0.346. The molecular formula is C43H61NO14. The van der Waals surface area contributed by atoms with E-state index in [4.69, 9.17) is 23.7 Å². The highest BCUT2D eigenvalue weighted by molar-refractivity contribution is 5.94. The molecule has 5 N–H and O–H groups in total. The summed E-state index contributed by atoms with van der Waals surface area (Å²) in [5.74, 6) is -5.26. The van der Waals surface area contributed by atoms with Gasteiger partial charge in [-0.25, -0.2) is 14.4 Å². The molecule has 3 aliphatic carbocycles. The lowest BCUT2D eigenvalue weighted by Gasteiger charge is -2.67. The highest BCUT2D eigenvalue weighted by atomic mass is 16.6. The van der Waals surface area contributed by atoms with E-state index in [9.17, 15) is 44.4 Å². The summed E-state index contributed by atoms with van der Waals surface area (Å²) in [6.07, 6.45) is -7.67. The van der Waals surface area contributed by atoms with Crippen LogP contribution in [0.1, 0.15) is 111 Å². The van der Waals surface area contributed by atoms with Crippen molar-refractivity contribution < 1.29 is 68.1 Å². The summed E-state index contributed by atoms with van der Waals surface area (Å²) in [5.41, 5.74) is -8.33. The van der Waals surface area contributed by atoms with Gasteiger partial charge < -0.3 is 49.4 Å². The van der Waals surface area contributed by atoms with Crippen molar-refractivity contribution in [3.8, 4) is 0 Å². The summed E-state index contributed by atoms with van der Waals surface area (Å²) in [6, 6.07) is 6.68. The monoisotopic (exact) mass is 815 g/mol. The van der Waals surface area contributed by atoms with Gasteiger partial charge in [0, 0.05) is 25.2 Å². The Morgan fingerprint density at radius 1 is 1.02 bits per heavy atom. The zero-order chi connectivity index (χ0) is 43.2. The molecule has 1 aromatic carbocycles. The molecule has 15 nitrogen and oxygen atoms in total. The lowest BCUT2D eigenvalue weighted by atomic mass is 9.44. The number of esters is 3. The third-order valence-corrected chi connectivity index (χ3v) is 13.2. The highest BCUT2D eigenvalue weighted by Gasteiger charge is 2.78. The third kappa shape index (κ3) is 7.80. The molecule has 1 unspecified atom stereocenters. The van der Waals surface area contributed by atoms with Crippen LogP contribution in [0.4, 0.5) is 4.79 Å². The number of ketones is 1. The quantitative estimate of drug-likeness (QED) is 0.0879. The number of Topliss-reactive ketones (excluding diaryl/α,β-unsaturated/α-hetero) is 1. The Kier molecular flexibility index (Phi) is 13.0. The number of fused-ring (bicyclic) bond motifs is 5. The summed E-state index contributed by atoms with van der Waals surface area (Å²) in [6.45, 7) is 14.2. The molecule has 3 fully saturated rings. The first kappa shape index (κ1) is 45.2. The van der Waals surface area contributed by atoms with Gasteiger partial charge in [0.05, 0.1) is 42.3 Å². The van der Waals surface area contributed by atoms with Gasteiger partial charge in [-0.15, -0.1) is 0 Å². The Hall–Kier alpha value is -3.89. The second-order valence-electron chi connectivity index (χ2n) is 18.2. The van der Waals surface area contributed by atoms with Crippen molar-refractivity contribution in [3.63, 3.8) is 0 Å². The van der Waals surface area contributed by atoms with Gasteiger partial charge in [0.25, 0.3) is 0 Å². The molecule has 0 radical (unpaired) electrons. The number of aliphatic hydroxyl groups excluding tert-OH is 3. The molecule has 58 heavy (non-hydrogen) atoms. The van der Waals surface area contributed by atoms with Crippen molar-refractivity contribution in [2.75, 3.05) is 13.2 Å². The van der Waals surface area contributed by atoms with Crippen molar-refractivity contribution >= 4 is 29.8 Å². The maximum Gasteiger partial charge on any atom is 0.407 e. The zero-order valence-corrected chi connectivity index (χ0v) is 35.0.